The van der Waals surface area contributed by atoms with Crippen molar-refractivity contribution in [3.05, 3.63) is 42.2 Å². The molecule has 0 amide bonds. The minimum atomic E-state index is -0.494. The number of nitrogens with one attached hydrogen (secondary N) is 1. The average Bonchev–Trinajstić information content (AvgIpc) is 3.38. The van der Waals surface area contributed by atoms with Crippen LogP contribution in [0.1, 0.15) is 65.2 Å². The monoisotopic (exact) mass is 434 g/mol. The van der Waals surface area contributed by atoms with Crippen molar-refractivity contribution in [2.45, 2.75) is 54.9 Å². The van der Waals surface area contributed by atoms with Crippen LogP contribution in [0.5, 0.6) is 0 Å². The van der Waals surface area contributed by atoms with Crippen LogP contribution in [0.3, 0.4) is 0 Å². The molecule has 1 atom stereocenters. The minimum Gasteiger partial charge on any atom is -0.370 e. The van der Waals surface area contributed by atoms with Gasteiger partial charge in [0.1, 0.15) is 11.3 Å². The zero-order chi connectivity index (χ0) is 23.7. The van der Waals surface area contributed by atoms with Crippen molar-refractivity contribution >= 4 is 28.4 Å². The summed E-state index contributed by atoms with van der Waals surface area (Å²) in [5, 5.41) is 0. The molecule has 1 aliphatic heterocycles. The van der Waals surface area contributed by atoms with E-state index in [1.165, 1.54) is 0 Å². The van der Waals surface area contributed by atoms with Crippen molar-refractivity contribution in [1.29, 1.82) is 0 Å². The van der Waals surface area contributed by atoms with E-state index in [1.807, 2.05) is 53.7 Å². The second kappa shape index (κ2) is 8.85. The lowest BCUT2D eigenvalue weighted by atomic mass is 9.86. The number of H-pyrrole nitrogens is 1. The van der Waals surface area contributed by atoms with Gasteiger partial charge in [0.25, 0.3) is 0 Å². The number of aromatic nitrogens is 3. The van der Waals surface area contributed by atoms with Crippen molar-refractivity contribution in [3.8, 4) is 11.3 Å². The molecule has 0 bridgehead atoms. The number of aromatic amines is 1. The standard InChI is InChI=1S/C24H28N4O2.C2H6/c1-15(29)24(5)9-10-28(14-24)17-8-6-7-16(11-17)19-13-26-22-20(27-19)18(12-25-22)21(30)23(2,3)4;1-2/h6-8,11-13H,9-10,14H2,1-5H3,(H,25,26);1-2H3. The Kier molecular flexibility index (Phi) is 6.54. The first-order valence-corrected chi connectivity index (χ1v) is 11.3. The van der Waals surface area contributed by atoms with Crippen molar-refractivity contribution in [2.24, 2.45) is 10.8 Å². The van der Waals surface area contributed by atoms with Crippen LogP contribution in [0.25, 0.3) is 22.4 Å². The Balaban J connectivity index is 0.00000141. The number of rotatable bonds is 4. The predicted molar refractivity (Wildman–Crippen MR) is 130 cm³/mol. The number of carbonyl (C=O) groups is 2. The van der Waals surface area contributed by atoms with E-state index in [0.29, 0.717) is 16.7 Å². The molecule has 3 heterocycles. The highest BCUT2D eigenvalue weighted by Crippen LogP contribution is 2.35. The van der Waals surface area contributed by atoms with E-state index < -0.39 is 5.41 Å². The molecule has 32 heavy (non-hydrogen) atoms. The van der Waals surface area contributed by atoms with Gasteiger partial charge in [0.2, 0.25) is 0 Å². The molecule has 1 unspecified atom stereocenters. The van der Waals surface area contributed by atoms with E-state index in [9.17, 15) is 9.59 Å². The maximum Gasteiger partial charge on any atom is 0.171 e. The quantitative estimate of drug-likeness (QED) is 0.534. The smallest absolute Gasteiger partial charge is 0.171 e. The second-order valence-corrected chi connectivity index (χ2v) is 9.57. The van der Waals surface area contributed by atoms with Crippen LogP contribution in [0.15, 0.2) is 36.7 Å². The van der Waals surface area contributed by atoms with Gasteiger partial charge in [0.15, 0.2) is 11.4 Å². The van der Waals surface area contributed by atoms with Crippen molar-refractivity contribution in [1.82, 2.24) is 15.0 Å². The van der Waals surface area contributed by atoms with Crippen molar-refractivity contribution in [3.63, 3.8) is 0 Å². The summed E-state index contributed by atoms with van der Waals surface area (Å²) in [5.74, 6) is 0.274. The van der Waals surface area contributed by atoms with Gasteiger partial charge in [0.05, 0.1) is 17.5 Å². The topological polar surface area (TPSA) is 79.0 Å². The summed E-state index contributed by atoms with van der Waals surface area (Å²) in [6, 6.07) is 8.14. The number of carbonyl (C=O) groups excluding carboxylic acids is 2. The van der Waals surface area contributed by atoms with Crippen LogP contribution >= 0.6 is 0 Å². The molecule has 0 spiro atoms. The fraction of sp³-hybridized carbons (Fsp3) is 0.462. The fourth-order valence-electron chi connectivity index (χ4n) is 3.94. The Labute approximate surface area is 190 Å². The third-order valence-corrected chi connectivity index (χ3v) is 6.14. The van der Waals surface area contributed by atoms with Gasteiger partial charge in [-0.25, -0.2) is 9.97 Å². The maximum absolute atomic E-state index is 12.8. The van der Waals surface area contributed by atoms with Crippen LogP contribution in [0.2, 0.25) is 0 Å². The maximum atomic E-state index is 12.8. The van der Waals surface area contributed by atoms with Crippen LogP contribution in [-0.4, -0.2) is 39.6 Å². The third kappa shape index (κ3) is 4.45. The van der Waals surface area contributed by atoms with Gasteiger partial charge in [-0.2, -0.15) is 0 Å². The Bertz CT molecular complexity index is 1140. The molecule has 1 aromatic carbocycles. The number of benzene rings is 1. The second-order valence-electron chi connectivity index (χ2n) is 9.57. The Morgan fingerprint density at radius 3 is 2.53 bits per heavy atom. The number of fused-ring (bicyclic) bond motifs is 1. The number of ketones is 2. The van der Waals surface area contributed by atoms with Gasteiger partial charge >= 0.3 is 0 Å². The lowest BCUT2D eigenvalue weighted by Gasteiger charge is -2.23. The largest absolute Gasteiger partial charge is 0.370 e. The molecule has 1 aliphatic rings. The van der Waals surface area contributed by atoms with Gasteiger partial charge < -0.3 is 9.88 Å². The predicted octanol–water partition coefficient (Wildman–Crippen LogP) is 5.69. The number of anilines is 1. The van der Waals surface area contributed by atoms with Crippen LogP contribution in [-0.2, 0) is 4.79 Å². The first-order chi connectivity index (χ1) is 15.1. The summed E-state index contributed by atoms with van der Waals surface area (Å²) in [7, 11) is 0. The van der Waals surface area contributed by atoms with E-state index >= 15 is 0 Å². The SMILES string of the molecule is CC.CC(=O)C1(C)CCN(c2cccc(-c3cnc4[nH]cc(C(=O)C(C)(C)C)c4n3)c2)C1. The molecule has 1 saturated heterocycles. The summed E-state index contributed by atoms with van der Waals surface area (Å²) < 4.78 is 0. The summed E-state index contributed by atoms with van der Waals surface area (Å²) in [4.78, 5) is 39.4. The molecule has 0 radical (unpaired) electrons. The molecule has 0 aliphatic carbocycles. The highest BCUT2D eigenvalue weighted by molar-refractivity contribution is 6.08. The lowest BCUT2D eigenvalue weighted by Crippen LogP contribution is -2.30. The first kappa shape index (κ1) is 23.6. The summed E-state index contributed by atoms with van der Waals surface area (Å²) >= 11 is 0. The first-order valence-electron chi connectivity index (χ1n) is 11.3. The molecule has 6 heteroatoms. The molecule has 3 aromatic rings. The normalized spacial score (nSPS) is 18.4. The lowest BCUT2D eigenvalue weighted by molar-refractivity contribution is -0.124. The van der Waals surface area contributed by atoms with Crippen LogP contribution in [0, 0.1) is 10.8 Å². The minimum absolute atomic E-state index is 0.0366. The van der Waals surface area contributed by atoms with E-state index in [-0.39, 0.29) is 17.0 Å². The van der Waals surface area contributed by atoms with Crippen molar-refractivity contribution in [2.75, 3.05) is 18.0 Å². The summed E-state index contributed by atoms with van der Waals surface area (Å²) in [6.45, 7) is 15.0. The van der Waals surface area contributed by atoms with E-state index in [4.69, 9.17) is 4.98 Å². The Morgan fingerprint density at radius 1 is 1.19 bits per heavy atom. The molecule has 4 rings (SSSR count). The fourth-order valence-corrected chi connectivity index (χ4v) is 3.94. The van der Waals surface area contributed by atoms with Crippen LogP contribution < -0.4 is 4.90 Å². The summed E-state index contributed by atoms with van der Waals surface area (Å²) in [5.41, 5.74) is 3.73. The number of hydrogen-bond acceptors (Lipinski definition) is 5. The molecule has 2 aromatic heterocycles. The van der Waals surface area contributed by atoms with E-state index in [1.54, 1.807) is 19.3 Å². The van der Waals surface area contributed by atoms with E-state index in [2.05, 4.69) is 27.0 Å². The van der Waals surface area contributed by atoms with Gasteiger partial charge in [-0.05, 0) is 25.5 Å². The van der Waals surface area contributed by atoms with Crippen LogP contribution in [0.4, 0.5) is 5.69 Å². The third-order valence-electron chi connectivity index (χ3n) is 6.14. The Morgan fingerprint density at radius 2 is 1.91 bits per heavy atom. The average molecular weight is 435 g/mol. The molecule has 1 fully saturated rings. The summed E-state index contributed by atoms with van der Waals surface area (Å²) in [6.07, 6.45) is 4.29. The van der Waals surface area contributed by atoms with Gasteiger partial charge in [-0.15, -0.1) is 0 Å². The van der Waals surface area contributed by atoms with E-state index in [0.717, 1.165) is 36.5 Å². The molecule has 0 saturated carbocycles. The zero-order valence-electron chi connectivity index (χ0n) is 20.2. The highest BCUT2D eigenvalue weighted by atomic mass is 16.1. The zero-order valence-corrected chi connectivity index (χ0v) is 20.2. The Hall–Kier alpha value is -3.02. The number of Topliss-reactive ketones (excluding diaryl/α,β-unsaturated/α-hetero) is 2. The number of nitrogens with zero attached hydrogens (tertiary/aromatic N) is 3. The molecule has 170 valence electrons. The molecular formula is C26H34N4O2. The van der Waals surface area contributed by atoms with Crippen molar-refractivity contribution < 1.29 is 9.59 Å². The number of hydrogen-bond donors (Lipinski definition) is 1. The highest BCUT2D eigenvalue weighted by Gasteiger charge is 2.37. The molecule has 1 N–H and O–H groups in total. The molecule has 6 nitrogen and oxygen atoms in total. The van der Waals surface area contributed by atoms with Gasteiger partial charge in [0, 0.05) is 41.4 Å². The van der Waals surface area contributed by atoms with Gasteiger partial charge in [-0.1, -0.05) is 53.7 Å². The molecular weight excluding hydrogens is 400 g/mol. The van der Waals surface area contributed by atoms with Gasteiger partial charge in [-0.3, -0.25) is 9.59 Å².